The maximum Gasteiger partial charge on any atom is 0.272 e. The molecular formula is C11H19ClN4O. The number of aromatic nitrogens is 2. The second-order valence-corrected chi connectivity index (χ2v) is 4.52. The van der Waals surface area contributed by atoms with E-state index >= 15 is 0 Å². The van der Waals surface area contributed by atoms with E-state index in [1.807, 2.05) is 4.90 Å². The van der Waals surface area contributed by atoms with E-state index in [4.69, 9.17) is 0 Å². The van der Waals surface area contributed by atoms with Gasteiger partial charge in [-0.25, -0.2) is 0 Å². The Hall–Kier alpha value is -1.07. The third-order valence-corrected chi connectivity index (χ3v) is 2.88. The van der Waals surface area contributed by atoms with E-state index in [-0.39, 0.29) is 18.3 Å². The van der Waals surface area contributed by atoms with Crippen LogP contribution in [-0.4, -0.2) is 45.8 Å². The Balaban J connectivity index is 0.00000144. The number of nitrogens with one attached hydrogen (secondary N) is 1. The van der Waals surface area contributed by atoms with E-state index in [2.05, 4.69) is 24.3 Å². The lowest BCUT2D eigenvalue weighted by atomic mass is 10.1. The van der Waals surface area contributed by atoms with Crippen LogP contribution in [0.3, 0.4) is 0 Å². The predicted molar refractivity (Wildman–Crippen MR) is 68.4 cm³/mol. The van der Waals surface area contributed by atoms with Crippen LogP contribution in [0.25, 0.3) is 0 Å². The quantitative estimate of drug-likeness (QED) is 0.805. The van der Waals surface area contributed by atoms with Gasteiger partial charge in [0, 0.05) is 38.4 Å². The van der Waals surface area contributed by atoms with E-state index in [1.54, 1.807) is 24.0 Å². The van der Waals surface area contributed by atoms with Gasteiger partial charge >= 0.3 is 0 Å². The first-order chi connectivity index (χ1) is 7.58. The number of carbonyl (C=O) groups is 1. The minimum atomic E-state index is 0. The maximum atomic E-state index is 12.2. The molecule has 1 fully saturated rings. The zero-order valence-corrected chi connectivity index (χ0v) is 11.2. The minimum absolute atomic E-state index is 0. The normalized spacial score (nSPS) is 24.3. The van der Waals surface area contributed by atoms with Crippen molar-refractivity contribution in [2.45, 2.75) is 25.9 Å². The van der Waals surface area contributed by atoms with Gasteiger partial charge in [-0.2, -0.15) is 5.10 Å². The Labute approximate surface area is 108 Å². The summed E-state index contributed by atoms with van der Waals surface area (Å²) >= 11 is 0. The molecule has 2 atom stereocenters. The van der Waals surface area contributed by atoms with E-state index in [9.17, 15) is 4.79 Å². The number of aryl methyl sites for hydroxylation is 1. The summed E-state index contributed by atoms with van der Waals surface area (Å²) in [4.78, 5) is 14.1. The molecule has 96 valence electrons. The van der Waals surface area contributed by atoms with Crippen LogP contribution in [0.15, 0.2) is 12.3 Å². The van der Waals surface area contributed by atoms with E-state index in [1.165, 1.54) is 0 Å². The highest BCUT2D eigenvalue weighted by molar-refractivity contribution is 5.92. The largest absolute Gasteiger partial charge is 0.334 e. The first-order valence-corrected chi connectivity index (χ1v) is 5.61. The number of amides is 1. The Morgan fingerprint density at radius 2 is 2.00 bits per heavy atom. The molecular weight excluding hydrogens is 240 g/mol. The van der Waals surface area contributed by atoms with Crippen LogP contribution in [0.1, 0.15) is 24.3 Å². The summed E-state index contributed by atoms with van der Waals surface area (Å²) < 4.78 is 1.62. The molecule has 2 unspecified atom stereocenters. The molecule has 1 saturated heterocycles. The molecule has 2 heterocycles. The van der Waals surface area contributed by atoms with Crippen LogP contribution in [0.5, 0.6) is 0 Å². The summed E-state index contributed by atoms with van der Waals surface area (Å²) in [5.74, 6) is 0.0696. The average Bonchev–Trinajstić information content (AvgIpc) is 2.62. The molecule has 2 rings (SSSR count). The van der Waals surface area contributed by atoms with Crippen molar-refractivity contribution in [2.75, 3.05) is 13.1 Å². The van der Waals surface area contributed by atoms with Gasteiger partial charge < -0.3 is 10.2 Å². The van der Waals surface area contributed by atoms with Gasteiger partial charge in [0.1, 0.15) is 5.69 Å². The van der Waals surface area contributed by atoms with Crippen molar-refractivity contribution in [3.8, 4) is 0 Å². The van der Waals surface area contributed by atoms with E-state index < -0.39 is 0 Å². The molecule has 0 aromatic carbocycles. The molecule has 6 heteroatoms. The van der Waals surface area contributed by atoms with Crippen LogP contribution in [0.2, 0.25) is 0 Å². The fourth-order valence-corrected chi connectivity index (χ4v) is 2.24. The zero-order chi connectivity index (χ0) is 11.7. The molecule has 1 aliphatic heterocycles. The Morgan fingerprint density at radius 3 is 2.47 bits per heavy atom. The number of rotatable bonds is 1. The van der Waals surface area contributed by atoms with Crippen LogP contribution >= 0.6 is 12.4 Å². The number of nitrogens with zero attached hydrogens (tertiary/aromatic N) is 3. The average molecular weight is 259 g/mol. The van der Waals surface area contributed by atoms with Crippen molar-refractivity contribution < 1.29 is 4.79 Å². The monoisotopic (exact) mass is 258 g/mol. The molecule has 0 bridgehead atoms. The SMILES string of the molecule is CC1CN(C(=O)c2ccnn2C)CC(C)N1.Cl. The highest BCUT2D eigenvalue weighted by Crippen LogP contribution is 2.09. The number of piperazine rings is 1. The number of halogens is 1. The summed E-state index contributed by atoms with van der Waals surface area (Å²) in [7, 11) is 1.79. The number of hydrogen-bond donors (Lipinski definition) is 1. The van der Waals surface area contributed by atoms with Gasteiger partial charge in [0.25, 0.3) is 5.91 Å². The summed E-state index contributed by atoms with van der Waals surface area (Å²) in [6.45, 7) is 5.71. The van der Waals surface area contributed by atoms with E-state index in [0.717, 1.165) is 13.1 Å². The summed E-state index contributed by atoms with van der Waals surface area (Å²) in [5.41, 5.74) is 0.654. The number of hydrogen-bond acceptors (Lipinski definition) is 3. The lowest BCUT2D eigenvalue weighted by Gasteiger charge is -2.36. The zero-order valence-electron chi connectivity index (χ0n) is 10.4. The summed E-state index contributed by atoms with van der Waals surface area (Å²) in [6.07, 6.45) is 1.66. The van der Waals surface area contributed by atoms with Crippen LogP contribution in [0.4, 0.5) is 0 Å². The maximum absolute atomic E-state index is 12.2. The lowest BCUT2D eigenvalue weighted by molar-refractivity contribution is 0.0662. The molecule has 1 aromatic heterocycles. The molecule has 1 aromatic rings. The number of carbonyl (C=O) groups excluding carboxylic acids is 1. The predicted octanol–water partition coefficient (Wildman–Crippen LogP) is 0.664. The van der Waals surface area contributed by atoms with Crippen LogP contribution in [0, 0.1) is 0 Å². The second kappa shape index (κ2) is 5.51. The van der Waals surface area contributed by atoms with Gasteiger partial charge in [-0.15, -0.1) is 12.4 Å². The second-order valence-electron chi connectivity index (χ2n) is 4.52. The smallest absolute Gasteiger partial charge is 0.272 e. The first kappa shape index (κ1) is 14.0. The standard InChI is InChI=1S/C11H18N4O.ClH/c1-8-6-15(7-9(2)13-8)11(16)10-4-5-12-14(10)3;/h4-5,8-9,13H,6-7H2,1-3H3;1H. The molecule has 0 saturated carbocycles. The highest BCUT2D eigenvalue weighted by atomic mass is 35.5. The third-order valence-electron chi connectivity index (χ3n) is 2.88. The van der Waals surface area contributed by atoms with Gasteiger partial charge in [-0.05, 0) is 19.9 Å². The molecule has 5 nitrogen and oxygen atoms in total. The highest BCUT2D eigenvalue weighted by Gasteiger charge is 2.26. The molecule has 0 aliphatic carbocycles. The molecule has 1 amide bonds. The van der Waals surface area contributed by atoms with Gasteiger partial charge in [0.05, 0.1) is 0 Å². The Kier molecular flexibility index (Phi) is 4.54. The molecule has 0 spiro atoms. The van der Waals surface area contributed by atoms with Crippen molar-refractivity contribution in [2.24, 2.45) is 7.05 Å². The Bertz CT molecular complexity index is 383. The van der Waals surface area contributed by atoms with Gasteiger partial charge in [0.2, 0.25) is 0 Å². The van der Waals surface area contributed by atoms with Crippen molar-refractivity contribution >= 4 is 18.3 Å². The van der Waals surface area contributed by atoms with Crippen molar-refractivity contribution in [3.63, 3.8) is 0 Å². The fourth-order valence-electron chi connectivity index (χ4n) is 2.24. The topological polar surface area (TPSA) is 50.2 Å². The van der Waals surface area contributed by atoms with Crippen molar-refractivity contribution in [1.82, 2.24) is 20.0 Å². The van der Waals surface area contributed by atoms with Gasteiger partial charge in [-0.3, -0.25) is 9.48 Å². The molecule has 0 radical (unpaired) electrons. The molecule has 1 aliphatic rings. The van der Waals surface area contributed by atoms with Gasteiger partial charge in [-0.1, -0.05) is 0 Å². The fraction of sp³-hybridized carbons (Fsp3) is 0.636. The third kappa shape index (κ3) is 2.98. The summed E-state index contributed by atoms with van der Waals surface area (Å²) in [6, 6.07) is 2.46. The van der Waals surface area contributed by atoms with Crippen molar-refractivity contribution in [1.29, 1.82) is 0 Å². The van der Waals surface area contributed by atoms with Gasteiger partial charge in [0.15, 0.2) is 0 Å². The first-order valence-electron chi connectivity index (χ1n) is 5.61. The summed E-state index contributed by atoms with van der Waals surface area (Å²) in [5, 5.41) is 7.43. The van der Waals surface area contributed by atoms with Crippen LogP contribution in [-0.2, 0) is 7.05 Å². The Morgan fingerprint density at radius 1 is 1.41 bits per heavy atom. The molecule has 1 N–H and O–H groups in total. The molecule has 17 heavy (non-hydrogen) atoms. The minimum Gasteiger partial charge on any atom is -0.334 e. The van der Waals surface area contributed by atoms with Crippen molar-refractivity contribution in [3.05, 3.63) is 18.0 Å². The van der Waals surface area contributed by atoms with Crippen LogP contribution < -0.4 is 5.32 Å². The lowest BCUT2D eigenvalue weighted by Crippen LogP contribution is -2.56. The van der Waals surface area contributed by atoms with E-state index in [0.29, 0.717) is 17.8 Å².